The Kier molecular flexibility index (Phi) is 6.84. The quantitative estimate of drug-likeness (QED) is 0.426. The van der Waals surface area contributed by atoms with Crippen LogP contribution in [0.4, 0.5) is 0 Å². The summed E-state index contributed by atoms with van der Waals surface area (Å²) in [4.78, 5) is 11.0. The first kappa shape index (κ1) is 22.7. The number of fused-ring (bicyclic) bond motifs is 1. The predicted octanol–water partition coefficient (Wildman–Crippen LogP) is 5.50. The zero-order valence-corrected chi connectivity index (χ0v) is 19.5. The van der Waals surface area contributed by atoms with Gasteiger partial charge >= 0.3 is 16.1 Å². The van der Waals surface area contributed by atoms with Crippen LogP contribution >= 0.6 is 23.2 Å². The molecule has 0 fully saturated rings. The van der Waals surface area contributed by atoms with E-state index in [-0.39, 0.29) is 15.5 Å². The van der Waals surface area contributed by atoms with Gasteiger partial charge in [0.1, 0.15) is 4.90 Å². The number of rotatable bonds is 7. The molecule has 2 aromatic carbocycles. The zero-order chi connectivity index (χ0) is 22.1. The molecule has 0 N–H and O–H groups in total. The maximum absolute atomic E-state index is 13.0. The Balaban J connectivity index is 2.16. The van der Waals surface area contributed by atoms with Crippen LogP contribution in [0.5, 0.6) is 6.01 Å². The van der Waals surface area contributed by atoms with Gasteiger partial charge in [0, 0.05) is 0 Å². The van der Waals surface area contributed by atoms with Gasteiger partial charge in [-0.3, -0.25) is 0 Å². The van der Waals surface area contributed by atoms with Crippen LogP contribution in [0.1, 0.15) is 38.8 Å². The third-order valence-electron chi connectivity index (χ3n) is 4.44. The van der Waals surface area contributed by atoms with E-state index in [2.05, 4.69) is 42.6 Å². The second-order valence-corrected chi connectivity index (χ2v) is 10.2. The van der Waals surface area contributed by atoms with E-state index in [9.17, 15) is 8.42 Å². The SMILES string of the molecule is CC(C)Cc1cc(S(=O)(=O)Oc2nc(Cl)nc(Cl)n2)cc2c(CC(C)C)cccc12. The summed E-state index contributed by atoms with van der Waals surface area (Å²) in [5.74, 6) is 0.775. The molecule has 0 aliphatic carbocycles. The van der Waals surface area contributed by atoms with Gasteiger partial charge < -0.3 is 4.18 Å². The minimum atomic E-state index is -4.21. The van der Waals surface area contributed by atoms with Crippen molar-refractivity contribution in [3.05, 3.63) is 52.0 Å². The molecule has 0 atom stereocenters. The van der Waals surface area contributed by atoms with Gasteiger partial charge in [-0.25, -0.2) is 0 Å². The average molecular weight is 468 g/mol. The van der Waals surface area contributed by atoms with Gasteiger partial charge in [-0.2, -0.15) is 23.4 Å². The van der Waals surface area contributed by atoms with Crippen molar-refractivity contribution >= 4 is 44.1 Å². The summed E-state index contributed by atoms with van der Waals surface area (Å²) in [6.45, 7) is 8.45. The molecule has 160 valence electrons. The lowest BCUT2D eigenvalue weighted by Gasteiger charge is -2.16. The van der Waals surface area contributed by atoms with Crippen LogP contribution in [0.2, 0.25) is 10.6 Å². The lowest BCUT2D eigenvalue weighted by molar-refractivity contribution is 0.462. The van der Waals surface area contributed by atoms with Crippen LogP contribution in [-0.2, 0) is 23.0 Å². The molecule has 0 amide bonds. The molecule has 1 heterocycles. The summed E-state index contributed by atoms with van der Waals surface area (Å²) >= 11 is 11.5. The third kappa shape index (κ3) is 5.39. The summed E-state index contributed by atoms with van der Waals surface area (Å²) in [6.07, 6.45) is 1.57. The maximum Gasteiger partial charge on any atom is 0.341 e. The predicted molar refractivity (Wildman–Crippen MR) is 119 cm³/mol. The maximum atomic E-state index is 13.0. The number of hydrogen-bond donors (Lipinski definition) is 0. The molecular weight excluding hydrogens is 445 g/mol. The van der Waals surface area contributed by atoms with E-state index in [1.807, 2.05) is 18.2 Å². The van der Waals surface area contributed by atoms with Gasteiger partial charge in [-0.15, -0.1) is 0 Å². The highest BCUT2D eigenvalue weighted by atomic mass is 35.5. The van der Waals surface area contributed by atoms with E-state index in [1.54, 1.807) is 12.1 Å². The van der Waals surface area contributed by atoms with E-state index in [1.165, 1.54) is 0 Å². The number of benzene rings is 2. The van der Waals surface area contributed by atoms with Gasteiger partial charge in [0.2, 0.25) is 10.6 Å². The summed E-state index contributed by atoms with van der Waals surface area (Å²) < 4.78 is 31.2. The number of halogens is 2. The van der Waals surface area contributed by atoms with Gasteiger partial charge in [-0.1, -0.05) is 45.9 Å². The minimum absolute atomic E-state index is 0.0366. The largest absolute Gasteiger partial charge is 0.341 e. The van der Waals surface area contributed by atoms with Crippen LogP contribution in [-0.4, -0.2) is 23.4 Å². The van der Waals surface area contributed by atoms with Crippen molar-refractivity contribution in [1.82, 2.24) is 15.0 Å². The van der Waals surface area contributed by atoms with Gasteiger partial charge in [0.05, 0.1) is 0 Å². The Hall–Kier alpha value is -1.96. The van der Waals surface area contributed by atoms with Crippen molar-refractivity contribution in [3.8, 4) is 6.01 Å². The monoisotopic (exact) mass is 467 g/mol. The molecule has 0 unspecified atom stereocenters. The highest BCUT2D eigenvalue weighted by molar-refractivity contribution is 7.87. The van der Waals surface area contributed by atoms with Crippen molar-refractivity contribution in [1.29, 1.82) is 0 Å². The van der Waals surface area contributed by atoms with Crippen molar-refractivity contribution in [2.75, 3.05) is 0 Å². The first-order valence-electron chi connectivity index (χ1n) is 9.61. The van der Waals surface area contributed by atoms with Crippen molar-refractivity contribution in [3.63, 3.8) is 0 Å². The molecule has 0 saturated heterocycles. The van der Waals surface area contributed by atoms with E-state index < -0.39 is 16.1 Å². The molecule has 0 spiro atoms. The van der Waals surface area contributed by atoms with Gasteiger partial charge in [0.15, 0.2) is 0 Å². The van der Waals surface area contributed by atoms with E-state index in [0.717, 1.165) is 34.7 Å². The van der Waals surface area contributed by atoms with Crippen molar-refractivity contribution < 1.29 is 12.6 Å². The molecular formula is C21H23Cl2N3O3S. The normalized spacial score (nSPS) is 12.1. The standard InChI is InChI=1S/C21H23Cl2N3O3S/c1-12(2)8-14-6-5-7-17-15(9-13(3)4)10-16(11-18(14)17)30(27,28)29-21-25-19(22)24-20(23)26-21/h5-7,10-13H,8-9H2,1-4H3. The molecule has 0 saturated carbocycles. The Labute approximate surface area is 186 Å². The molecule has 9 heteroatoms. The lowest BCUT2D eigenvalue weighted by Crippen LogP contribution is -2.13. The van der Waals surface area contributed by atoms with Gasteiger partial charge in [-0.05, 0) is 81.9 Å². The minimum Gasteiger partial charge on any atom is -0.339 e. The Morgan fingerprint density at radius 1 is 0.867 bits per heavy atom. The topological polar surface area (TPSA) is 82.0 Å². The fourth-order valence-corrected chi connectivity index (χ4v) is 4.62. The van der Waals surface area contributed by atoms with Crippen LogP contribution in [0.25, 0.3) is 10.8 Å². The summed E-state index contributed by atoms with van der Waals surface area (Å²) in [5, 5.41) is 1.45. The highest BCUT2D eigenvalue weighted by Crippen LogP contribution is 2.30. The highest BCUT2D eigenvalue weighted by Gasteiger charge is 2.22. The smallest absolute Gasteiger partial charge is 0.339 e. The second kappa shape index (κ2) is 9.04. The van der Waals surface area contributed by atoms with Crippen molar-refractivity contribution in [2.45, 2.75) is 45.4 Å². The van der Waals surface area contributed by atoms with Crippen LogP contribution in [0.15, 0.2) is 35.2 Å². The summed E-state index contributed by atoms with van der Waals surface area (Å²) in [6, 6.07) is 8.91. The zero-order valence-electron chi connectivity index (χ0n) is 17.2. The Morgan fingerprint density at radius 2 is 1.47 bits per heavy atom. The van der Waals surface area contributed by atoms with Crippen LogP contribution in [0, 0.1) is 11.8 Å². The molecule has 0 bridgehead atoms. The first-order chi connectivity index (χ1) is 14.0. The molecule has 6 nitrogen and oxygen atoms in total. The van der Waals surface area contributed by atoms with Crippen molar-refractivity contribution in [2.24, 2.45) is 11.8 Å². The van der Waals surface area contributed by atoms with E-state index in [4.69, 9.17) is 27.4 Å². The molecule has 3 rings (SSSR count). The second-order valence-electron chi connectivity index (χ2n) is 7.98. The van der Waals surface area contributed by atoms with Gasteiger partial charge in [0.25, 0.3) is 0 Å². The average Bonchev–Trinajstić information content (AvgIpc) is 2.59. The van der Waals surface area contributed by atoms with Crippen LogP contribution in [0.3, 0.4) is 0 Å². The first-order valence-corrected chi connectivity index (χ1v) is 11.8. The molecule has 0 aliphatic rings. The van der Waals surface area contributed by atoms with Crippen LogP contribution < -0.4 is 4.18 Å². The number of aromatic nitrogens is 3. The molecule has 3 aromatic rings. The molecule has 1 aromatic heterocycles. The number of hydrogen-bond acceptors (Lipinski definition) is 6. The lowest BCUT2D eigenvalue weighted by atomic mass is 9.92. The third-order valence-corrected chi connectivity index (χ3v) is 5.95. The summed E-state index contributed by atoms with van der Waals surface area (Å²) in [5.41, 5.74) is 2.04. The fraction of sp³-hybridized carbons (Fsp3) is 0.381. The number of nitrogens with zero attached hydrogens (tertiary/aromatic N) is 3. The summed E-state index contributed by atoms with van der Waals surface area (Å²) in [7, 11) is -4.21. The van der Waals surface area contributed by atoms with E-state index in [0.29, 0.717) is 11.8 Å². The molecule has 0 radical (unpaired) electrons. The Bertz CT molecular complexity index is 1160. The Morgan fingerprint density at radius 3 is 2.07 bits per heavy atom. The molecule has 30 heavy (non-hydrogen) atoms. The fourth-order valence-electron chi connectivity index (χ4n) is 3.36. The molecule has 0 aliphatic heterocycles. The van der Waals surface area contributed by atoms with E-state index >= 15 is 0 Å².